The van der Waals surface area contributed by atoms with Crippen LogP contribution < -0.4 is 9.47 Å². The average molecular weight is 493 g/mol. The van der Waals surface area contributed by atoms with Gasteiger partial charge < -0.3 is 14.6 Å². The summed E-state index contributed by atoms with van der Waals surface area (Å²) in [6, 6.07) is 23.9. The van der Waals surface area contributed by atoms with E-state index in [2.05, 4.69) is 12.1 Å². The van der Waals surface area contributed by atoms with Gasteiger partial charge in [0.15, 0.2) is 0 Å². The first-order chi connectivity index (χ1) is 16.7. The molecule has 5 heteroatoms. The molecule has 35 heavy (non-hydrogen) atoms. The standard InChI is InChI=1S/C30H36O4S/c1-21-11-9-12-22(2)27(21)34-29(32)23(3)28(31)30(4,20-10-15-24-13-7-6-8-14-24)35-26-18-16-25(33-5)17-19-26/h6-9,11-14,16-19,23,28,31H,10,15,20H2,1-5H3/t23-,28+,30-/m0/s1. The maximum absolute atomic E-state index is 13.1. The maximum Gasteiger partial charge on any atom is 0.316 e. The van der Waals surface area contributed by atoms with Crippen molar-refractivity contribution in [1.29, 1.82) is 0 Å². The van der Waals surface area contributed by atoms with Crippen LogP contribution in [0.25, 0.3) is 0 Å². The minimum atomic E-state index is -0.901. The Labute approximate surface area is 213 Å². The highest BCUT2D eigenvalue weighted by Gasteiger charge is 2.40. The van der Waals surface area contributed by atoms with E-state index in [0.717, 1.165) is 41.0 Å². The van der Waals surface area contributed by atoms with Crippen molar-refractivity contribution in [2.45, 2.75) is 62.7 Å². The molecule has 0 aliphatic heterocycles. The highest BCUT2D eigenvalue weighted by molar-refractivity contribution is 8.00. The molecule has 0 aliphatic carbocycles. The number of aliphatic hydroxyl groups excluding tert-OH is 1. The Morgan fingerprint density at radius 3 is 2.20 bits per heavy atom. The van der Waals surface area contributed by atoms with Crippen LogP contribution in [0.4, 0.5) is 0 Å². The summed E-state index contributed by atoms with van der Waals surface area (Å²) < 4.78 is 10.5. The van der Waals surface area contributed by atoms with Crippen molar-refractivity contribution in [2.24, 2.45) is 5.92 Å². The number of thioether (sulfide) groups is 1. The Morgan fingerprint density at radius 1 is 0.971 bits per heavy atom. The molecule has 0 aliphatic rings. The van der Waals surface area contributed by atoms with Crippen LogP contribution in [-0.4, -0.2) is 29.0 Å². The molecular formula is C30H36O4S. The van der Waals surface area contributed by atoms with E-state index in [-0.39, 0.29) is 0 Å². The van der Waals surface area contributed by atoms with Crippen molar-refractivity contribution in [3.63, 3.8) is 0 Å². The van der Waals surface area contributed by atoms with Crippen molar-refractivity contribution in [2.75, 3.05) is 7.11 Å². The molecule has 0 saturated heterocycles. The van der Waals surface area contributed by atoms with Gasteiger partial charge in [-0.2, -0.15) is 0 Å². The smallest absolute Gasteiger partial charge is 0.316 e. The first-order valence-electron chi connectivity index (χ1n) is 12.1. The fourth-order valence-electron chi connectivity index (χ4n) is 4.27. The molecular weight excluding hydrogens is 456 g/mol. The highest BCUT2D eigenvalue weighted by Crippen LogP contribution is 2.42. The Bertz CT molecular complexity index is 1080. The predicted molar refractivity (Wildman–Crippen MR) is 143 cm³/mol. The van der Waals surface area contributed by atoms with E-state index in [1.54, 1.807) is 25.8 Å². The van der Waals surface area contributed by atoms with E-state index in [1.165, 1.54) is 5.56 Å². The molecule has 0 fully saturated rings. The minimum Gasteiger partial charge on any atom is -0.497 e. The predicted octanol–water partition coefficient (Wildman–Crippen LogP) is 6.79. The molecule has 0 amide bonds. The van der Waals surface area contributed by atoms with Crippen LogP contribution in [-0.2, 0) is 11.2 Å². The molecule has 0 bridgehead atoms. The Hall–Kier alpha value is -2.76. The van der Waals surface area contributed by atoms with E-state index < -0.39 is 22.7 Å². The number of aryl methyl sites for hydroxylation is 3. The van der Waals surface area contributed by atoms with Gasteiger partial charge in [-0.25, -0.2) is 0 Å². The van der Waals surface area contributed by atoms with E-state index in [9.17, 15) is 9.90 Å². The molecule has 0 saturated carbocycles. The van der Waals surface area contributed by atoms with Crippen LogP contribution in [0.5, 0.6) is 11.5 Å². The van der Waals surface area contributed by atoms with Crippen LogP contribution in [0.2, 0.25) is 0 Å². The molecule has 0 aromatic heterocycles. The number of carbonyl (C=O) groups excluding carboxylic acids is 1. The van der Waals surface area contributed by atoms with Crippen molar-refractivity contribution >= 4 is 17.7 Å². The number of esters is 1. The van der Waals surface area contributed by atoms with Gasteiger partial charge in [0.1, 0.15) is 11.5 Å². The highest BCUT2D eigenvalue weighted by atomic mass is 32.2. The van der Waals surface area contributed by atoms with Gasteiger partial charge in [-0.15, -0.1) is 11.8 Å². The molecule has 1 N–H and O–H groups in total. The Kier molecular flexibility index (Phi) is 9.41. The number of aliphatic hydroxyl groups is 1. The molecule has 0 radical (unpaired) electrons. The van der Waals surface area contributed by atoms with Crippen molar-refractivity contribution in [1.82, 2.24) is 0 Å². The largest absolute Gasteiger partial charge is 0.497 e. The molecule has 4 nitrogen and oxygen atoms in total. The van der Waals surface area contributed by atoms with Crippen LogP contribution in [0.15, 0.2) is 77.7 Å². The monoisotopic (exact) mass is 492 g/mol. The van der Waals surface area contributed by atoms with E-state index in [4.69, 9.17) is 9.47 Å². The Morgan fingerprint density at radius 2 is 1.60 bits per heavy atom. The van der Waals surface area contributed by atoms with Crippen molar-refractivity contribution in [3.8, 4) is 11.5 Å². The summed E-state index contributed by atoms with van der Waals surface area (Å²) >= 11 is 1.60. The van der Waals surface area contributed by atoms with Gasteiger partial charge in [0.2, 0.25) is 0 Å². The van der Waals surface area contributed by atoms with Crippen LogP contribution in [0, 0.1) is 19.8 Å². The summed E-state index contributed by atoms with van der Waals surface area (Å²) in [6.07, 6.45) is 1.63. The molecule has 186 valence electrons. The second-order valence-corrected chi connectivity index (χ2v) is 10.9. The first kappa shape index (κ1) is 26.8. The fraction of sp³-hybridized carbons (Fsp3) is 0.367. The van der Waals surface area contributed by atoms with Gasteiger partial charge in [-0.05, 0) is 87.9 Å². The summed E-state index contributed by atoms with van der Waals surface area (Å²) in [5, 5.41) is 11.5. The maximum atomic E-state index is 13.1. The summed E-state index contributed by atoms with van der Waals surface area (Å²) in [6.45, 7) is 7.64. The molecule has 3 aromatic carbocycles. The zero-order chi connectivity index (χ0) is 25.4. The third-order valence-electron chi connectivity index (χ3n) is 6.47. The number of rotatable bonds is 11. The zero-order valence-electron chi connectivity index (χ0n) is 21.3. The van der Waals surface area contributed by atoms with Crippen LogP contribution in [0.1, 0.15) is 43.4 Å². The number of ether oxygens (including phenoxy) is 2. The summed E-state index contributed by atoms with van der Waals surface area (Å²) in [4.78, 5) is 14.1. The van der Waals surface area contributed by atoms with Crippen LogP contribution in [0.3, 0.4) is 0 Å². The number of hydrogen-bond acceptors (Lipinski definition) is 5. The molecule has 3 rings (SSSR count). The summed E-state index contributed by atoms with van der Waals surface area (Å²) in [7, 11) is 1.64. The number of hydrogen-bond donors (Lipinski definition) is 1. The Balaban J connectivity index is 1.78. The van der Waals surface area contributed by atoms with Gasteiger partial charge in [-0.1, -0.05) is 48.5 Å². The van der Waals surface area contributed by atoms with Gasteiger partial charge in [0, 0.05) is 9.64 Å². The van der Waals surface area contributed by atoms with Crippen LogP contribution >= 0.6 is 11.8 Å². The number of benzene rings is 3. The lowest BCUT2D eigenvalue weighted by atomic mass is 9.88. The average Bonchev–Trinajstić information content (AvgIpc) is 2.86. The number of carbonyl (C=O) groups is 1. The molecule has 3 aromatic rings. The van der Waals surface area contributed by atoms with Crippen molar-refractivity contribution < 1.29 is 19.4 Å². The summed E-state index contributed by atoms with van der Waals surface area (Å²) in [5.41, 5.74) is 3.07. The lowest BCUT2D eigenvalue weighted by molar-refractivity contribution is -0.142. The van der Waals surface area contributed by atoms with E-state index in [1.807, 2.05) is 81.4 Å². The van der Waals surface area contributed by atoms with Crippen molar-refractivity contribution in [3.05, 3.63) is 89.5 Å². The summed E-state index contributed by atoms with van der Waals surface area (Å²) in [5.74, 6) is 0.248. The molecule has 0 unspecified atom stereocenters. The van der Waals surface area contributed by atoms with E-state index in [0.29, 0.717) is 5.75 Å². The molecule has 0 spiro atoms. The quantitative estimate of drug-likeness (QED) is 0.181. The third kappa shape index (κ3) is 7.12. The lowest BCUT2D eigenvalue weighted by Gasteiger charge is -2.37. The first-order valence-corrected chi connectivity index (χ1v) is 12.9. The zero-order valence-corrected chi connectivity index (χ0v) is 22.1. The van der Waals surface area contributed by atoms with Gasteiger partial charge in [-0.3, -0.25) is 4.79 Å². The molecule has 3 atom stereocenters. The lowest BCUT2D eigenvalue weighted by Crippen LogP contribution is -2.44. The molecule has 0 heterocycles. The van der Waals surface area contributed by atoms with E-state index >= 15 is 0 Å². The second kappa shape index (κ2) is 12.3. The SMILES string of the molecule is COc1ccc(S[C@@](C)(CCCc2ccccc2)[C@H](O)[C@H](C)C(=O)Oc2c(C)cccc2C)cc1. The fourth-order valence-corrected chi connectivity index (χ4v) is 5.65. The number of methoxy groups -OCH3 is 1. The second-order valence-electron chi connectivity index (χ2n) is 9.30. The van der Waals surface area contributed by atoms with Gasteiger partial charge >= 0.3 is 5.97 Å². The number of para-hydroxylation sites is 1. The normalized spacial score (nSPS) is 14.6. The van der Waals surface area contributed by atoms with Gasteiger partial charge in [0.25, 0.3) is 0 Å². The van der Waals surface area contributed by atoms with Gasteiger partial charge in [0.05, 0.1) is 19.1 Å². The topological polar surface area (TPSA) is 55.8 Å². The third-order valence-corrected chi connectivity index (χ3v) is 7.89. The minimum absolute atomic E-state index is 0.417.